The molecule has 0 amide bonds. The first-order chi connectivity index (χ1) is 9.01. The number of aliphatic hydroxyl groups excluding tert-OH is 1. The molecular weight excluding hydrogens is 265 g/mol. The molecule has 2 aromatic rings. The van der Waals surface area contributed by atoms with Gasteiger partial charge >= 0.3 is 0 Å². The normalized spacial score (nSPS) is 12.5. The lowest BCUT2D eigenvalue weighted by molar-refractivity contribution is 0.181. The molecule has 5 heteroatoms. The van der Waals surface area contributed by atoms with E-state index in [1.807, 2.05) is 13.8 Å². The van der Waals surface area contributed by atoms with Gasteiger partial charge in [0.15, 0.2) is 11.6 Å². The summed E-state index contributed by atoms with van der Waals surface area (Å²) < 4.78 is 18.4. The third-order valence-electron chi connectivity index (χ3n) is 2.89. The molecule has 102 valence electrons. The predicted molar refractivity (Wildman–Crippen MR) is 73.2 cm³/mol. The minimum Gasteiger partial charge on any atom is -0.494 e. The monoisotopic (exact) mass is 281 g/mol. The summed E-state index contributed by atoms with van der Waals surface area (Å²) in [6.45, 7) is 3.78. The summed E-state index contributed by atoms with van der Waals surface area (Å²) in [5.74, 6) is -0.201. The number of thiazole rings is 1. The minimum absolute atomic E-state index is 0.211. The summed E-state index contributed by atoms with van der Waals surface area (Å²) in [6.07, 6.45) is -0.289. The highest BCUT2D eigenvalue weighted by atomic mass is 32.1. The Morgan fingerprint density at radius 3 is 2.68 bits per heavy atom. The van der Waals surface area contributed by atoms with Gasteiger partial charge in [0.1, 0.15) is 0 Å². The van der Waals surface area contributed by atoms with Gasteiger partial charge in [-0.3, -0.25) is 0 Å². The fraction of sp³-hybridized carbons (Fsp3) is 0.357. The summed E-state index contributed by atoms with van der Waals surface area (Å²) in [7, 11) is 1.43. The van der Waals surface area contributed by atoms with E-state index in [2.05, 4.69) is 4.98 Å². The molecule has 0 fully saturated rings. The lowest BCUT2D eigenvalue weighted by atomic mass is 10.1. The molecule has 0 bridgehead atoms. The van der Waals surface area contributed by atoms with Gasteiger partial charge in [-0.25, -0.2) is 9.37 Å². The number of hydrogen-bond acceptors (Lipinski definition) is 4. The number of nitrogens with zero attached hydrogens (tertiary/aromatic N) is 1. The molecule has 1 unspecified atom stereocenters. The number of halogens is 1. The molecular formula is C14H16FNO2S. The number of rotatable bonds is 4. The average molecular weight is 281 g/mol. The van der Waals surface area contributed by atoms with Gasteiger partial charge in [-0.05, 0) is 31.5 Å². The Morgan fingerprint density at radius 2 is 2.16 bits per heavy atom. The number of aromatic nitrogens is 1. The number of hydrogen-bond donors (Lipinski definition) is 1. The molecule has 2 rings (SSSR count). The first kappa shape index (κ1) is 14.0. The van der Waals surface area contributed by atoms with Gasteiger partial charge in [0.25, 0.3) is 0 Å². The standard InChI is InChI=1S/C14H16FNO2S/c1-8-14(19-9(2)16-8)12(17)7-10-4-5-13(18-3)11(15)6-10/h4-6,12,17H,7H2,1-3H3. The maximum absolute atomic E-state index is 13.6. The van der Waals surface area contributed by atoms with Crippen molar-refractivity contribution in [1.82, 2.24) is 4.98 Å². The van der Waals surface area contributed by atoms with Gasteiger partial charge in [-0.15, -0.1) is 11.3 Å². The van der Waals surface area contributed by atoms with Gasteiger partial charge in [-0.1, -0.05) is 6.07 Å². The van der Waals surface area contributed by atoms with Crippen LogP contribution in [-0.4, -0.2) is 17.2 Å². The van der Waals surface area contributed by atoms with Crippen LogP contribution in [-0.2, 0) is 6.42 Å². The molecule has 3 nitrogen and oxygen atoms in total. The fourth-order valence-electron chi connectivity index (χ4n) is 2.01. The van der Waals surface area contributed by atoms with Crippen molar-refractivity contribution in [1.29, 1.82) is 0 Å². The average Bonchev–Trinajstić information content (AvgIpc) is 2.69. The van der Waals surface area contributed by atoms with E-state index in [1.165, 1.54) is 24.5 Å². The van der Waals surface area contributed by atoms with Crippen LogP contribution in [0.4, 0.5) is 4.39 Å². The predicted octanol–water partition coefficient (Wildman–Crippen LogP) is 3.18. The van der Waals surface area contributed by atoms with E-state index in [9.17, 15) is 9.50 Å². The highest BCUT2D eigenvalue weighted by Gasteiger charge is 2.16. The van der Waals surface area contributed by atoms with E-state index in [1.54, 1.807) is 12.1 Å². The van der Waals surface area contributed by atoms with Crippen LogP contribution in [0.1, 0.15) is 27.2 Å². The first-order valence-corrected chi connectivity index (χ1v) is 6.77. The second-order valence-corrected chi connectivity index (χ2v) is 5.61. The summed E-state index contributed by atoms with van der Waals surface area (Å²) in [6, 6.07) is 4.72. The smallest absolute Gasteiger partial charge is 0.165 e. The number of aliphatic hydroxyl groups is 1. The molecule has 0 saturated carbocycles. The van der Waals surface area contributed by atoms with Crippen molar-refractivity contribution >= 4 is 11.3 Å². The largest absolute Gasteiger partial charge is 0.494 e. The van der Waals surface area contributed by atoms with Crippen LogP contribution in [0.15, 0.2) is 18.2 Å². The van der Waals surface area contributed by atoms with Crippen LogP contribution in [0.3, 0.4) is 0 Å². The van der Waals surface area contributed by atoms with Crippen LogP contribution >= 0.6 is 11.3 Å². The second kappa shape index (κ2) is 5.67. The van der Waals surface area contributed by atoms with E-state index in [0.717, 1.165) is 21.1 Å². The molecule has 1 atom stereocenters. The van der Waals surface area contributed by atoms with Crippen LogP contribution in [0.5, 0.6) is 5.75 Å². The maximum Gasteiger partial charge on any atom is 0.165 e. The molecule has 19 heavy (non-hydrogen) atoms. The van der Waals surface area contributed by atoms with Crippen molar-refractivity contribution in [2.45, 2.75) is 26.4 Å². The third-order valence-corrected chi connectivity index (χ3v) is 4.06. The van der Waals surface area contributed by atoms with Crippen molar-refractivity contribution in [3.8, 4) is 5.75 Å². The highest BCUT2D eigenvalue weighted by molar-refractivity contribution is 7.11. The molecule has 1 N–H and O–H groups in total. The SMILES string of the molecule is COc1ccc(CC(O)c2sc(C)nc2C)cc1F. The van der Waals surface area contributed by atoms with Gasteiger partial charge in [0.05, 0.1) is 28.8 Å². The van der Waals surface area contributed by atoms with Crippen LogP contribution in [0, 0.1) is 19.7 Å². The number of ether oxygens (including phenoxy) is 1. The molecule has 0 aliphatic heterocycles. The topological polar surface area (TPSA) is 42.4 Å². The van der Waals surface area contributed by atoms with E-state index in [-0.39, 0.29) is 5.75 Å². The Labute approximate surface area is 115 Å². The van der Waals surface area contributed by atoms with E-state index in [0.29, 0.717) is 6.42 Å². The minimum atomic E-state index is -0.654. The Bertz CT molecular complexity index is 583. The van der Waals surface area contributed by atoms with E-state index < -0.39 is 11.9 Å². The molecule has 1 heterocycles. The van der Waals surface area contributed by atoms with Crippen molar-refractivity contribution in [2.24, 2.45) is 0 Å². The highest BCUT2D eigenvalue weighted by Crippen LogP contribution is 2.28. The van der Waals surface area contributed by atoms with E-state index >= 15 is 0 Å². The molecule has 1 aromatic heterocycles. The maximum atomic E-state index is 13.6. The van der Waals surface area contributed by atoms with Gasteiger partial charge in [-0.2, -0.15) is 0 Å². The quantitative estimate of drug-likeness (QED) is 0.936. The van der Waals surface area contributed by atoms with Gasteiger partial charge < -0.3 is 9.84 Å². The molecule has 0 spiro atoms. The number of methoxy groups -OCH3 is 1. The summed E-state index contributed by atoms with van der Waals surface area (Å²) in [5.41, 5.74) is 1.57. The Kier molecular flexibility index (Phi) is 4.17. The van der Waals surface area contributed by atoms with Gasteiger partial charge in [0, 0.05) is 6.42 Å². The van der Waals surface area contributed by atoms with Crippen molar-refractivity contribution in [3.63, 3.8) is 0 Å². The van der Waals surface area contributed by atoms with Gasteiger partial charge in [0.2, 0.25) is 0 Å². The molecule has 0 aliphatic carbocycles. The first-order valence-electron chi connectivity index (χ1n) is 5.95. The van der Waals surface area contributed by atoms with E-state index in [4.69, 9.17) is 4.74 Å². The second-order valence-electron chi connectivity index (χ2n) is 4.37. The van der Waals surface area contributed by atoms with Crippen LogP contribution in [0.2, 0.25) is 0 Å². The molecule has 1 aromatic carbocycles. The Hall–Kier alpha value is -1.46. The Morgan fingerprint density at radius 1 is 1.42 bits per heavy atom. The molecule has 0 aliphatic rings. The van der Waals surface area contributed by atoms with Crippen molar-refractivity contribution in [2.75, 3.05) is 7.11 Å². The molecule has 0 saturated heterocycles. The number of aryl methyl sites for hydroxylation is 2. The van der Waals surface area contributed by atoms with Crippen molar-refractivity contribution < 1.29 is 14.2 Å². The zero-order valence-electron chi connectivity index (χ0n) is 11.1. The summed E-state index contributed by atoms with van der Waals surface area (Å²) >= 11 is 1.47. The fourth-order valence-corrected chi connectivity index (χ4v) is 2.92. The van der Waals surface area contributed by atoms with Crippen LogP contribution in [0.25, 0.3) is 0 Å². The Balaban J connectivity index is 2.17. The summed E-state index contributed by atoms with van der Waals surface area (Å²) in [5, 5.41) is 11.1. The molecule has 0 radical (unpaired) electrons. The lowest BCUT2D eigenvalue weighted by Gasteiger charge is -2.10. The number of benzene rings is 1. The van der Waals surface area contributed by atoms with Crippen LogP contribution < -0.4 is 4.74 Å². The zero-order chi connectivity index (χ0) is 14.0. The zero-order valence-corrected chi connectivity index (χ0v) is 11.9. The lowest BCUT2D eigenvalue weighted by Crippen LogP contribution is -2.02. The third kappa shape index (κ3) is 3.11. The van der Waals surface area contributed by atoms with Crippen molar-refractivity contribution in [3.05, 3.63) is 45.2 Å². The summed E-state index contributed by atoms with van der Waals surface area (Å²) in [4.78, 5) is 5.12.